The maximum Gasteiger partial charge on any atom is 0.0702 e. The molecule has 4 heteroatoms. The minimum Gasteiger partial charge on any atom is -0.392 e. The lowest BCUT2D eigenvalue weighted by Crippen LogP contribution is -2.38. The lowest BCUT2D eigenvalue weighted by molar-refractivity contribution is 0.281. The molecule has 1 atom stereocenters. The summed E-state index contributed by atoms with van der Waals surface area (Å²) in [4.78, 5) is 4.68. The summed E-state index contributed by atoms with van der Waals surface area (Å²) in [5.41, 5.74) is 2.19. The fourth-order valence-corrected chi connectivity index (χ4v) is 3.05. The molecule has 1 aromatic rings. The highest BCUT2D eigenvalue weighted by Gasteiger charge is 2.26. The Hall–Kier alpha value is -0.580. The van der Waals surface area contributed by atoms with E-state index in [0.29, 0.717) is 6.04 Å². The van der Waals surface area contributed by atoms with Gasteiger partial charge >= 0.3 is 0 Å². The van der Waals surface area contributed by atoms with Crippen LogP contribution in [-0.2, 0) is 6.61 Å². The topological polar surface area (TPSA) is 26.7 Å². The predicted molar refractivity (Wildman–Crippen MR) is 79.0 cm³/mol. The Morgan fingerprint density at radius 2 is 2.22 bits per heavy atom. The van der Waals surface area contributed by atoms with Crippen LogP contribution in [0.3, 0.4) is 0 Å². The molecule has 0 amide bonds. The van der Waals surface area contributed by atoms with Crippen LogP contribution >= 0.6 is 15.9 Å². The largest absolute Gasteiger partial charge is 0.392 e. The molecule has 1 aliphatic rings. The number of likely N-dealkylation sites (N-methyl/N-ethyl adjacent to an activating group) is 1. The Balaban J connectivity index is 2.26. The molecule has 0 aromatic heterocycles. The molecule has 1 heterocycles. The van der Waals surface area contributed by atoms with Crippen LogP contribution in [0.5, 0.6) is 0 Å². The summed E-state index contributed by atoms with van der Waals surface area (Å²) < 4.78 is 1.07. The summed E-state index contributed by atoms with van der Waals surface area (Å²) >= 11 is 3.52. The van der Waals surface area contributed by atoms with Crippen LogP contribution in [0.25, 0.3) is 0 Å². The predicted octanol–water partition coefficient (Wildman–Crippen LogP) is 2.47. The average Bonchev–Trinajstić information content (AvgIpc) is 2.76. The average molecular weight is 313 g/mol. The van der Waals surface area contributed by atoms with E-state index < -0.39 is 0 Å². The van der Waals surface area contributed by atoms with Crippen LogP contribution in [0, 0.1) is 0 Å². The van der Waals surface area contributed by atoms with Crippen molar-refractivity contribution in [2.45, 2.75) is 25.5 Å². The quantitative estimate of drug-likeness (QED) is 0.925. The Kier molecular flexibility index (Phi) is 4.65. The van der Waals surface area contributed by atoms with Crippen LogP contribution in [0.15, 0.2) is 22.7 Å². The summed E-state index contributed by atoms with van der Waals surface area (Å²) in [5, 5.41) is 9.49. The third-order valence-corrected chi connectivity index (χ3v) is 3.97. The van der Waals surface area contributed by atoms with E-state index in [1.807, 2.05) is 12.1 Å². The van der Waals surface area contributed by atoms with Gasteiger partial charge in [0.05, 0.1) is 6.61 Å². The van der Waals surface area contributed by atoms with E-state index in [4.69, 9.17) is 0 Å². The van der Waals surface area contributed by atoms with E-state index >= 15 is 0 Å². The van der Waals surface area contributed by atoms with Crippen LogP contribution in [-0.4, -0.2) is 43.2 Å². The van der Waals surface area contributed by atoms with Crippen molar-refractivity contribution < 1.29 is 5.11 Å². The van der Waals surface area contributed by atoms with Crippen LogP contribution < -0.4 is 4.90 Å². The van der Waals surface area contributed by atoms with Crippen LogP contribution in [0.1, 0.15) is 18.4 Å². The fourth-order valence-electron chi connectivity index (χ4n) is 2.70. The summed E-state index contributed by atoms with van der Waals surface area (Å²) in [7, 11) is 4.23. The third kappa shape index (κ3) is 3.05. The molecule has 0 radical (unpaired) electrons. The molecular formula is C14H21BrN2O. The number of aliphatic hydroxyl groups is 1. The van der Waals surface area contributed by atoms with E-state index in [-0.39, 0.29) is 6.61 Å². The summed E-state index contributed by atoms with van der Waals surface area (Å²) in [6.07, 6.45) is 2.46. The number of rotatable bonds is 4. The number of aliphatic hydroxyl groups excluding tert-OH is 1. The fraction of sp³-hybridized carbons (Fsp3) is 0.571. The zero-order valence-corrected chi connectivity index (χ0v) is 12.7. The highest BCUT2D eigenvalue weighted by Crippen LogP contribution is 2.31. The number of hydrogen-bond acceptors (Lipinski definition) is 3. The van der Waals surface area contributed by atoms with Crippen LogP contribution in [0.2, 0.25) is 0 Å². The van der Waals surface area contributed by atoms with Gasteiger partial charge in [-0.05, 0) is 39.1 Å². The molecule has 3 nitrogen and oxygen atoms in total. The number of anilines is 1. The number of hydrogen-bond donors (Lipinski definition) is 1. The lowest BCUT2D eigenvalue weighted by atomic mass is 10.1. The highest BCUT2D eigenvalue weighted by molar-refractivity contribution is 9.10. The molecule has 1 saturated heterocycles. The molecular weight excluding hydrogens is 292 g/mol. The number of halogens is 1. The molecule has 18 heavy (non-hydrogen) atoms. The molecule has 2 rings (SSSR count). The van der Waals surface area contributed by atoms with E-state index in [1.165, 1.54) is 18.5 Å². The highest BCUT2D eigenvalue weighted by atomic mass is 79.9. The van der Waals surface area contributed by atoms with E-state index in [1.54, 1.807) is 0 Å². The van der Waals surface area contributed by atoms with Gasteiger partial charge < -0.3 is 14.9 Å². The molecule has 0 bridgehead atoms. The van der Waals surface area contributed by atoms with E-state index in [9.17, 15) is 5.11 Å². The number of benzene rings is 1. The third-order valence-electron chi connectivity index (χ3n) is 3.48. The molecule has 0 aliphatic carbocycles. The molecule has 1 aliphatic heterocycles. The van der Waals surface area contributed by atoms with E-state index in [2.05, 4.69) is 45.9 Å². The van der Waals surface area contributed by atoms with Gasteiger partial charge in [0, 0.05) is 34.9 Å². The van der Waals surface area contributed by atoms with Gasteiger partial charge in [-0.2, -0.15) is 0 Å². The Bertz CT molecular complexity index is 409. The van der Waals surface area contributed by atoms with Gasteiger partial charge in [-0.25, -0.2) is 0 Å². The minimum atomic E-state index is 0.105. The first-order valence-corrected chi connectivity index (χ1v) is 7.21. The smallest absolute Gasteiger partial charge is 0.0702 e. The summed E-state index contributed by atoms with van der Waals surface area (Å²) in [6.45, 7) is 2.26. The first kappa shape index (κ1) is 13.8. The first-order chi connectivity index (χ1) is 8.61. The zero-order chi connectivity index (χ0) is 13.1. The molecule has 100 valence electrons. The monoisotopic (exact) mass is 312 g/mol. The Morgan fingerprint density at radius 1 is 1.44 bits per heavy atom. The molecule has 1 aromatic carbocycles. The first-order valence-electron chi connectivity index (χ1n) is 6.42. The van der Waals surface area contributed by atoms with Gasteiger partial charge in [0.2, 0.25) is 0 Å². The van der Waals surface area contributed by atoms with Crippen molar-refractivity contribution in [2.75, 3.05) is 32.1 Å². The summed E-state index contributed by atoms with van der Waals surface area (Å²) in [5.74, 6) is 0. The van der Waals surface area contributed by atoms with Gasteiger partial charge in [-0.3, -0.25) is 0 Å². The molecule has 1 N–H and O–H groups in total. The van der Waals surface area contributed by atoms with Gasteiger partial charge in [0.1, 0.15) is 0 Å². The van der Waals surface area contributed by atoms with Gasteiger partial charge in [0.15, 0.2) is 0 Å². The van der Waals surface area contributed by atoms with Gasteiger partial charge in [0.25, 0.3) is 0 Å². The molecule has 1 unspecified atom stereocenters. The standard InChI is InChI=1S/C14H21BrN2O/c1-16(2)9-13-4-3-7-17(13)14-8-12(15)6-5-11(14)10-18/h5-6,8,13,18H,3-4,7,9-10H2,1-2H3. The number of nitrogens with zero attached hydrogens (tertiary/aromatic N) is 2. The summed E-state index contributed by atoms with van der Waals surface area (Å²) in [6, 6.07) is 6.68. The van der Waals surface area contributed by atoms with Crippen molar-refractivity contribution in [3.8, 4) is 0 Å². The second kappa shape index (κ2) is 6.04. The second-order valence-electron chi connectivity index (χ2n) is 5.18. The normalized spacial score (nSPS) is 19.8. The second-order valence-corrected chi connectivity index (χ2v) is 6.10. The zero-order valence-electron chi connectivity index (χ0n) is 11.1. The van der Waals surface area contributed by atoms with Crippen molar-refractivity contribution in [1.82, 2.24) is 4.90 Å². The van der Waals surface area contributed by atoms with Crippen molar-refractivity contribution in [3.63, 3.8) is 0 Å². The SMILES string of the molecule is CN(C)CC1CCCN1c1cc(Br)ccc1CO. The van der Waals surface area contributed by atoms with Crippen molar-refractivity contribution in [1.29, 1.82) is 0 Å². The Morgan fingerprint density at radius 3 is 2.89 bits per heavy atom. The maximum absolute atomic E-state index is 9.49. The molecule has 0 saturated carbocycles. The van der Waals surface area contributed by atoms with Crippen molar-refractivity contribution in [2.24, 2.45) is 0 Å². The van der Waals surface area contributed by atoms with Gasteiger partial charge in [-0.1, -0.05) is 22.0 Å². The van der Waals surface area contributed by atoms with Crippen molar-refractivity contribution >= 4 is 21.6 Å². The van der Waals surface area contributed by atoms with E-state index in [0.717, 1.165) is 23.1 Å². The lowest BCUT2D eigenvalue weighted by Gasteiger charge is -2.30. The molecule has 1 fully saturated rings. The minimum absolute atomic E-state index is 0.105. The Labute approximate surface area is 118 Å². The maximum atomic E-state index is 9.49. The molecule has 0 spiro atoms. The van der Waals surface area contributed by atoms with Crippen molar-refractivity contribution in [3.05, 3.63) is 28.2 Å². The van der Waals surface area contributed by atoms with Gasteiger partial charge in [-0.15, -0.1) is 0 Å². The van der Waals surface area contributed by atoms with Crippen LogP contribution in [0.4, 0.5) is 5.69 Å².